The molecular formula is C15H18BrN. The first-order chi connectivity index (χ1) is 8.13. The maximum atomic E-state index is 6.29. The molecule has 2 N–H and O–H groups in total. The van der Waals surface area contributed by atoms with Gasteiger partial charge in [-0.1, -0.05) is 60.5 Å². The van der Waals surface area contributed by atoms with Crippen LogP contribution in [0.2, 0.25) is 0 Å². The van der Waals surface area contributed by atoms with Crippen molar-refractivity contribution >= 4 is 26.7 Å². The van der Waals surface area contributed by atoms with Crippen LogP contribution in [-0.2, 0) is 0 Å². The summed E-state index contributed by atoms with van der Waals surface area (Å²) in [6.45, 7) is 4.38. The molecule has 2 aromatic carbocycles. The molecule has 0 aliphatic rings. The fraction of sp³-hybridized carbons (Fsp3) is 0.333. The SMILES string of the molecule is CCC(C)C(N)c1cc(Br)c2ccccc2c1. The highest BCUT2D eigenvalue weighted by molar-refractivity contribution is 9.10. The number of benzene rings is 2. The Hall–Kier alpha value is -0.860. The molecule has 0 amide bonds. The van der Waals surface area contributed by atoms with Crippen molar-refractivity contribution in [1.29, 1.82) is 0 Å². The van der Waals surface area contributed by atoms with Crippen molar-refractivity contribution in [2.75, 3.05) is 0 Å². The lowest BCUT2D eigenvalue weighted by molar-refractivity contribution is 0.457. The van der Waals surface area contributed by atoms with Crippen LogP contribution in [0.3, 0.4) is 0 Å². The van der Waals surface area contributed by atoms with Gasteiger partial charge in [0.05, 0.1) is 0 Å². The van der Waals surface area contributed by atoms with Gasteiger partial charge in [-0.25, -0.2) is 0 Å². The van der Waals surface area contributed by atoms with Crippen molar-refractivity contribution in [3.05, 3.63) is 46.4 Å². The highest BCUT2D eigenvalue weighted by Gasteiger charge is 2.14. The number of fused-ring (bicyclic) bond motifs is 1. The molecule has 2 aromatic rings. The Morgan fingerprint density at radius 3 is 2.65 bits per heavy atom. The van der Waals surface area contributed by atoms with E-state index < -0.39 is 0 Å². The lowest BCUT2D eigenvalue weighted by Gasteiger charge is -2.19. The summed E-state index contributed by atoms with van der Waals surface area (Å²) in [5, 5.41) is 2.49. The minimum absolute atomic E-state index is 0.112. The van der Waals surface area contributed by atoms with Gasteiger partial charge in [-0.3, -0.25) is 0 Å². The highest BCUT2D eigenvalue weighted by Crippen LogP contribution is 2.30. The van der Waals surface area contributed by atoms with Crippen LogP contribution in [0.15, 0.2) is 40.9 Å². The Bertz CT molecular complexity index is 521. The summed E-state index contributed by atoms with van der Waals surface area (Å²) in [6, 6.07) is 12.8. The maximum Gasteiger partial charge on any atom is 0.0321 e. The molecule has 2 rings (SSSR count). The summed E-state index contributed by atoms with van der Waals surface area (Å²) >= 11 is 3.63. The molecule has 0 fully saturated rings. The van der Waals surface area contributed by atoms with Crippen molar-refractivity contribution < 1.29 is 0 Å². The van der Waals surface area contributed by atoms with E-state index in [2.05, 4.69) is 66.2 Å². The van der Waals surface area contributed by atoms with Gasteiger partial charge in [0.15, 0.2) is 0 Å². The van der Waals surface area contributed by atoms with Crippen LogP contribution in [-0.4, -0.2) is 0 Å². The van der Waals surface area contributed by atoms with Gasteiger partial charge in [0, 0.05) is 10.5 Å². The Kier molecular flexibility index (Phi) is 3.85. The molecule has 0 saturated carbocycles. The standard InChI is InChI=1S/C15H18BrN/c1-3-10(2)15(17)12-8-11-6-4-5-7-13(11)14(16)9-12/h4-10,15H,3,17H2,1-2H3. The third-order valence-electron chi connectivity index (χ3n) is 3.48. The van der Waals surface area contributed by atoms with Crippen molar-refractivity contribution in [3.63, 3.8) is 0 Å². The monoisotopic (exact) mass is 291 g/mol. The number of nitrogens with two attached hydrogens (primary N) is 1. The molecular weight excluding hydrogens is 274 g/mol. The summed E-state index contributed by atoms with van der Waals surface area (Å²) in [5.74, 6) is 0.503. The highest BCUT2D eigenvalue weighted by atomic mass is 79.9. The van der Waals surface area contributed by atoms with E-state index in [0.29, 0.717) is 5.92 Å². The van der Waals surface area contributed by atoms with Crippen LogP contribution in [0.25, 0.3) is 10.8 Å². The Morgan fingerprint density at radius 1 is 1.24 bits per heavy atom. The Labute approximate surface area is 111 Å². The average molecular weight is 292 g/mol. The molecule has 0 saturated heterocycles. The summed E-state index contributed by atoms with van der Waals surface area (Å²) in [6.07, 6.45) is 1.10. The fourth-order valence-electron chi connectivity index (χ4n) is 2.06. The van der Waals surface area contributed by atoms with Gasteiger partial charge in [-0.2, -0.15) is 0 Å². The lowest BCUT2D eigenvalue weighted by atomic mass is 9.92. The van der Waals surface area contributed by atoms with Crippen LogP contribution < -0.4 is 5.73 Å². The molecule has 2 heteroatoms. The quantitative estimate of drug-likeness (QED) is 0.875. The summed E-state index contributed by atoms with van der Waals surface area (Å²) in [7, 11) is 0. The van der Waals surface area contributed by atoms with E-state index >= 15 is 0 Å². The first-order valence-corrected chi connectivity index (χ1v) is 6.86. The van der Waals surface area contributed by atoms with E-state index in [1.54, 1.807) is 0 Å². The van der Waals surface area contributed by atoms with Gasteiger partial charge < -0.3 is 5.73 Å². The molecule has 0 bridgehead atoms. The molecule has 1 nitrogen and oxygen atoms in total. The second-order valence-corrected chi connectivity index (χ2v) is 5.49. The van der Waals surface area contributed by atoms with E-state index in [1.807, 2.05) is 0 Å². The largest absolute Gasteiger partial charge is 0.324 e. The van der Waals surface area contributed by atoms with E-state index in [1.165, 1.54) is 16.3 Å². The summed E-state index contributed by atoms with van der Waals surface area (Å²) in [5.41, 5.74) is 7.50. The van der Waals surface area contributed by atoms with Crippen molar-refractivity contribution in [2.24, 2.45) is 11.7 Å². The molecule has 2 unspecified atom stereocenters. The van der Waals surface area contributed by atoms with Crippen molar-refractivity contribution in [2.45, 2.75) is 26.3 Å². The van der Waals surface area contributed by atoms with Crippen molar-refractivity contribution in [3.8, 4) is 0 Å². The topological polar surface area (TPSA) is 26.0 Å². The molecule has 0 aliphatic carbocycles. The minimum Gasteiger partial charge on any atom is -0.324 e. The molecule has 17 heavy (non-hydrogen) atoms. The minimum atomic E-state index is 0.112. The second kappa shape index (κ2) is 5.19. The predicted molar refractivity (Wildman–Crippen MR) is 78.0 cm³/mol. The molecule has 0 heterocycles. The zero-order valence-corrected chi connectivity index (χ0v) is 11.9. The van der Waals surface area contributed by atoms with Crippen LogP contribution in [0.4, 0.5) is 0 Å². The second-order valence-electron chi connectivity index (χ2n) is 4.64. The smallest absolute Gasteiger partial charge is 0.0321 e. The van der Waals surface area contributed by atoms with E-state index in [0.717, 1.165) is 10.9 Å². The van der Waals surface area contributed by atoms with Crippen LogP contribution >= 0.6 is 15.9 Å². The summed E-state index contributed by atoms with van der Waals surface area (Å²) in [4.78, 5) is 0. The number of hydrogen-bond acceptors (Lipinski definition) is 1. The van der Waals surface area contributed by atoms with Gasteiger partial charge >= 0.3 is 0 Å². The maximum absolute atomic E-state index is 6.29. The van der Waals surface area contributed by atoms with Gasteiger partial charge in [0.1, 0.15) is 0 Å². The molecule has 0 aliphatic heterocycles. The van der Waals surface area contributed by atoms with Gasteiger partial charge in [-0.05, 0) is 34.4 Å². The molecule has 0 spiro atoms. The molecule has 0 aromatic heterocycles. The third kappa shape index (κ3) is 2.53. The molecule has 90 valence electrons. The molecule has 0 radical (unpaired) electrons. The Balaban J connectivity index is 2.50. The first-order valence-electron chi connectivity index (χ1n) is 6.07. The fourth-order valence-corrected chi connectivity index (χ4v) is 2.69. The Morgan fingerprint density at radius 2 is 1.94 bits per heavy atom. The number of halogens is 1. The van der Waals surface area contributed by atoms with Gasteiger partial charge in [0.2, 0.25) is 0 Å². The van der Waals surface area contributed by atoms with Crippen molar-refractivity contribution in [1.82, 2.24) is 0 Å². The normalized spacial score (nSPS) is 14.8. The van der Waals surface area contributed by atoms with Gasteiger partial charge in [-0.15, -0.1) is 0 Å². The van der Waals surface area contributed by atoms with E-state index in [9.17, 15) is 0 Å². The first kappa shape index (κ1) is 12.6. The third-order valence-corrected chi connectivity index (χ3v) is 4.13. The van der Waals surface area contributed by atoms with E-state index in [-0.39, 0.29) is 6.04 Å². The molecule has 2 atom stereocenters. The number of hydrogen-bond donors (Lipinski definition) is 1. The zero-order valence-electron chi connectivity index (χ0n) is 10.3. The summed E-state index contributed by atoms with van der Waals surface area (Å²) < 4.78 is 1.13. The average Bonchev–Trinajstić information content (AvgIpc) is 2.37. The van der Waals surface area contributed by atoms with Crippen LogP contribution in [0, 0.1) is 5.92 Å². The lowest BCUT2D eigenvalue weighted by Crippen LogP contribution is -2.18. The van der Waals surface area contributed by atoms with Crippen LogP contribution in [0.1, 0.15) is 31.9 Å². The predicted octanol–water partition coefficient (Wildman–Crippen LogP) is 4.65. The zero-order chi connectivity index (χ0) is 12.4. The van der Waals surface area contributed by atoms with E-state index in [4.69, 9.17) is 5.73 Å². The van der Waals surface area contributed by atoms with Gasteiger partial charge in [0.25, 0.3) is 0 Å². The number of rotatable bonds is 3. The van der Waals surface area contributed by atoms with Crippen LogP contribution in [0.5, 0.6) is 0 Å².